The van der Waals surface area contributed by atoms with Crippen LogP contribution in [-0.2, 0) is 4.74 Å². The minimum absolute atomic E-state index is 0.165. The van der Waals surface area contributed by atoms with Gasteiger partial charge in [0.2, 0.25) is 0 Å². The molecule has 0 amide bonds. The summed E-state index contributed by atoms with van der Waals surface area (Å²) < 4.78 is 10.9. The second kappa shape index (κ2) is 8.10. The van der Waals surface area contributed by atoms with E-state index in [1.165, 1.54) is 0 Å². The third-order valence-corrected chi connectivity index (χ3v) is 5.55. The number of phenols is 5. The molecular weight excluding hydrogens is 444 g/mol. The monoisotopic (exact) mass is 464 g/mol. The zero-order valence-corrected chi connectivity index (χ0v) is 16.7. The van der Waals surface area contributed by atoms with Crippen molar-refractivity contribution in [2.24, 2.45) is 0 Å². The van der Waals surface area contributed by atoms with Crippen LogP contribution in [0, 0.1) is 0 Å². The molecule has 2 aromatic carbocycles. The second-order valence-corrected chi connectivity index (χ2v) is 7.61. The quantitative estimate of drug-likeness (QED) is 0.177. The molecule has 0 bridgehead atoms. The predicted molar refractivity (Wildman–Crippen MR) is 109 cm³/mol. The molecule has 5 unspecified atom stereocenters. The first-order chi connectivity index (χ1) is 15.5. The first-order valence-electron chi connectivity index (χ1n) is 9.63. The van der Waals surface area contributed by atoms with E-state index in [9.17, 15) is 50.8 Å². The predicted octanol–water partition coefficient (Wildman–Crippen LogP) is -0.497. The average molecular weight is 464 g/mol. The third kappa shape index (κ3) is 3.59. The normalized spacial score (nSPS) is 25.4. The van der Waals surface area contributed by atoms with Gasteiger partial charge in [0.25, 0.3) is 0 Å². The smallest absolute Gasteiger partial charge is 0.197 e. The second-order valence-electron chi connectivity index (χ2n) is 7.61. The fourth-order valence-corrected chi connectivity index (χ4v) is 3.82. The van der Waals surface area contributed by atoms with Crippen LogP contribution in [0.3, 0.4) is 0 Å². The molecule has 1 aromatic heterocycles. The zero-order chi connectivity index (χ0) is 24.2. The van der Waals surface area contributed by atoms with E-state index in [1.54, 1.807) is 0 Å². The van der Waals surface area contributed by atoms with Crippen molar-refractivity contribution in [1.29, 1.82) is 0 Å². The van der Waals surface area contributed by atoms with Crippen molar-refractivity contribution in [2.45, 2.75) is 30.5 Å². The molecule has 3 aromatic rings. The van der Waals surface area contributed by atoms with Crippen LogP contribution in [0.1, 0.15) is 11.7 Å². The van der Waals surface area contributed by atoms with Gasteiger partial charge in [0.15, 0.2) is 16.9 Å². The molecule has 9 N–H and O–H groups in total. The fraction of sp³-hybridized carbons (Fsp3) is 0.286. The molecule has 33 heavy (non-hydrogen) atoms. The Bertz CT molecular complexity index is 1280. The van der Waals surface area contributed by atoms with Gasteiger partial charge in [-0.25, -0.2) is 0 Å². The summed E-state index contributed by atoms with van der Waals surface area (Å²) in [6.45, 7) is -0.745. The SMILES string of the molecule is O=c1cc(-c2cc(O)c(O)cc2O)oc2cc(O)c(C3OC(CO)C(O)C(O)C3O)c(O)c12. The molecule has 1 aliphatic rings. The van der Waals surface area contributed by atoms with Crippen LogP contribution in [0.15, 0.2) is 33.5 Å². The van der Waals surface area contributed by atoms with Crippen molar-refractivity contribution in [2.75, 3.05) is 6.61 Å². The van der Waals surface area contributed by atoms with Crippen LogP contribution in [0.25, 0.3) is 22.3 Å². The molecule has 2 heterocycles. The van der Waals surface area contributed by atoms with Crippen molar-refractivity contribution < 1.29 is 55.1 Å². The number of ether oxygens (including phenoxy) is 1. The maximum atomic E-state index is 12.8. The van der Waals surface area contributed by atoms with Crippen molar-refractivity contribution in [3.05, 3.63) is 40.1 Å². The summed E-state index contributed by atoms with van der Waals surface area (Å²) in [6, 6.07) is 3.57. The molecular formula is C21H20O12. The van der Waals surface area contributed by atoms with Gasteiger partial charge in [-0.1, -0.05) is 0 Å². The molecule has 176 valence electrons. The largest absolute Gasteiger partial charge is 0.507 e. The number of benzene rings is 2. The number of aliphatic hydroxyl groups is 4. The Labute approximate surface area is 184 Å². The number of phenolic OH excluding ortho intramolecular Hbond substituents is 5. The molecule has 1 saturated heterocycles. The molecule has 1 aliphatic heterocycles. The molecule has 1 fully saturated rings. The topological polar surface area (TPSA) is 222 Å². The van der Waals surface area contributed by atoms with Gasteiger partial charge in [0, 0.05) is 18.2 Å². The molecule has 4 rings (SSSR count). The van der Waals surface area contributed by atoms with E-state index in [0.717, 1.165) is 24.3 Å². The lowest BCUT2D eigenvalue weighted by molar-refractivity contribution is -0.232. The van der Waals surface area contributed by atoms with Gasteiger partial charge in [0.1, 0.15) is 64.5 Å². The van der Waals surface area contributed by atoms with E-state index >= 15 is 0 Å². The summed E-state index contributed by atoms with van der Waals surface area (Å²) in [7, 11) is 0. The van der Waals surface area contributed by atoms with Crippen LogP contribution in [0.2, 0.25) is 0 Å². The lowest BCUT2D eigenvalue weighted by Gasteiger charge is -2.40. The maximum absolute atomic E-state index is 12.8. The Morgan fingerprint density at radius 2 is 1.45 bits per heavy atom. The number of hydrogen-bond acceptors (Lipinski definition) is 12. The van der Waals surface area contributed by atoms with E-state index in [0.29, 0.717) is 0 Å². The Morgan fingerprint density at radius 3 is 2.12 bits per heavy atom. The van der Waals surface area contributed by atoms with E-state index in [2.05, 4.69) is 0 Å². The van der Waals surface area contributed by atoms with E-state index in [-0.39, 0.29) is 16.9 Å². The van der Waals surface area contributed by atoms with Crippen LogP contribution in [0.4, 0.5) is 0 Å². The van der Waals surface area contributed by atoms with Crippen LogP contribution in [-0.4, -0.2) is 77.0 Å². The minimum Gasteiger partial charge on any atom is -0.507 e. The van der Waals surface area contributed by atoms with E-state index in [1.807, 2.05) is 0 Å². The molecule has 0 spiro atoms. The van der Waals surface area contributed by atoms with E-state index < -0.39 is 82.3 Å². The van der Waals surface area contributed by atoms with Gasteiger partial charge >= 0.3 is 0 Å². The standard InChI is InChI=1S/C21H20O12/c22-5-14-17(28)19(30)20(31)21(33-14)16-11(27)4-13-15(18(16)29)10(26)3-12(32-13)6-1-8(24)9(25)2-7(6)23/h1-4,14,17,19-25,27-31H,5H2. The van der Waals surface area contributed by atoms with Gasteiger partial charge in [0.05, 0.1) is 17.7 Å². The van der Waals surface area contributed by atoms with Gasteiger partial charge < -0.3 is 55.1 Å². The molecule has 12 nitrogen and oxygen atoms in total. The van der Waals surface area contributed by atoms with Crippen molar-refractivity contribution in [3.8, 4) is 40.1 Å². The molecule has 0 radical (unpaired) electrons. The fourth-order valence-electron chi connectivity index (χ4n) is 3.82. The molecule has 12 heteroatoms. The maximum Gasteiger partial charge on any atom is 0.197 e. The highest BCUT2D eigenvalue weighted by atomic mass is 16.5. The van der Waals surface area contributed by atoms with Crippen molar-refractivity contribution in [3.63, 3.8) is 0 Å². The Hall–Kier alpha value is -3.55. The third-order valence-electron chi connectivity index (χ3n) is 5.55. The van der Waals surface area contributed by atoms with E-state index in [4.69, 9.17) is 9.15 Å². The van der Waals surface area contributed by atoms with Crippen molar-refractivity contribution >= 4 is 11.0 Å². The van der Waals surface area contributed by atoms with Crippen LogP contribution >= 0.6 is 0 Å². The highest BCUT2D eigenvalue weighted by Gasteiger charge is 2.46. The number of rotatable bonds is 3. The molecule has 0 aliphatic carbocycles. The Balaban J connectivity index is 1.88. The molecule has 5 atom stereocenters. The summed E-state index contributed by atoms with van der Waals surface area (Å²) >= 11 is 0. The van der Waals surface area contributed by atoms with Crippen LogP contribution < -0.4 is 5.43 Å². The van der Waals surface area contributed by atoms with Gasteiger partial charge in [-0.2, -0.15) is 0 Å². The number of fused-ring (bicyclic) bond motifs is 1. The lowest BCUT2D eigenvalue weighted by atomic mass is 9.89. The summed E-state index contributed by atoms with van der Waals surface area (Å²) in [6.07, 6.45) is -8.25. The lowest BCUT2D eigenvalue weighted by Crippen LogP contribution is -2.55. The summed E-state index contributed by atoms with van der Waals surface area (Å²) in [5.74, 6) is -3.55. The number of aliphatic hydroxyl groups excluding tert-OH is 4. The Kier molecular flexibility index (Phi) is 5.56. The molecule has 0 saturated carbocycles. The summed E-state index contributed by atoms with van der Waals surface area (Å²) in [5, 5.41) is 89.7. The number of aromatic hydroxyl groups is 5. The van der Waals surface area contributed by atoms with Gasteiger partial charge in [-0.15, -0.1) is 0 Å². The minimum atomic E-state index is -1.83. The average Bonchev–Trinajstić information content (AvgIpc) is 2.75. The summed E-state index contributed by atoms with van der Waals surface area (Å²) in [5.41, 5.74) is -1.83. The highest BCUT2D eigenvalue weighted by molar-refractivity contribution is 5.88. The summed E-state index contributed by atoms with van der Waals surface area (Å²) in [4.78, 5) is 12.8. The Morgan fingerprint density at radius 1 is 0.788 bits per heavy atom. The first kappa shape index (κ1) is 22.6. The van der Waals surface area contributed by atoms with Crippen molar-refractivity contribution in [1.82, 2.24) is 0 Å². The first-order valence-corrected chi connectivity index (χ1v) is 9.63. The van der Waals surface area contributed by atoms with Crippen LogP contribution in [0.5, 0.6) is 28.7 Å². The highest BCUT2D eigenvalue weighted by Crippen LogP contribution is 2.45. The van der Waals surface area contributed by atoms with Gasteiger partial charge in [-0.05, 0) is 6.07 Å². The van der Waals surface area contributed by atoms with Gasteiger partial charge in [-0.3, -0.25) is 4.79 Å². The zero-order valence-electron chi connectivity index (χ0n) is 16.7. The number of hydrogen-bond donors (Lipinski definition) is 9.